The van der Waals surface area contributed by atoms with Crippen LogP contribution >= 0.6 is 11.3 Å². The molecule has 2 aromatic heterocycles. The number of anilines is 2. The zero-order valence-electron chi connectivity index (χ0n) is 29.4. The van der Waals surface area contributed by atoms with Crippen molar-refractivity contribution in [2.24, 2.45) is 0 Å². The number of fused-ring (bicyclic) bond motifs is 3. The summed E-state index contributed by atoms with van der Waals surface area (Å²) in [6, 6.07) is 4.82. The van der Waals surface area contributed by atoms with E-state index in [-0.39, 0.29) is 43.4 Å². The zero-order valence-corrected chi connectivity index (χ0v) is 30.2. The second-order valence-electron chi connectivity index (χ2n) is 12.9. The first-order valence-corrected chi connectivity index (χ1v) is 18.0. The van der Waals surface area contributed by atoms with E-state index in [9.17, 15) is 32.0 Å². The van der Waals surface area contributed by atoms with E-state index in [0.29, 0.717) is 36.4 Å². The summed E-state index contributed by atoms with van der Waals surface area (Å²) in [6.45, 7) is 8.01. The Morgan fingerprint density at radius 2 is 1.92 bits per heavy atom. The molecule has 2 aromatic carbocycles. The molecule has 0 spiro atoms. The van der Waals surface area contributed by atoms with Crippen LogP contribution in [0, 0.1) is 23.0 Å². The molecular weight excluding hydrogens is 708 g/mol. The van der Waals surface area contributed by atoms with Gasteiger partial charge in [0.25, 0.3) is 0 Å². The highest BCUT2D eigenvalue weighted by Gasteiger charge is 2.38. The Morgan fingerprint density at radius 3 is 2.52 bits per heavy atom. The van der Waals surface area contributed by atoms with Crippen LogP contribution in [0.25, 0.3) is 32.1 Å². The summed E-state index contributed by atoms with van der Waals surface area (Å²) in [6.07, 6.45) is 0.749. The lowest BCUT2D eigenvalue weighted by atomic mass is 9.92. The van der Waals surface area contributed by atoms with Crippen LogP contribution in [-0.4, -0.2) is 84.8 Å². The summed E-state index contributed by atoms with van der Waals surface area (Å²) in [7, 11) is 2.83. The monoisotopic (exact) mass is 749 g/mol. The maximum absolute atomic E-state index is 16.0. The number of nitrogen functional groups attached to an aromatic ring is 1. The van der Waals surface area contributed by atoms with E-state index >= 15 is 4.39 Å². The van der Waals surface area contributed by atoms with Gasteiger partial charge in [-0.15, -0.1) is 11.3 Å². The summed E-state index contributed by atoms with van der Waals surface area (Å²) in [4.78, 5) is 24.7. The van der Waals surface area contributed by atoms with Crippen molar-refractivity contribution in [2.45, 2.75) is 70.8 Å². The topological polar surface area (TPSA) is 112 Å². The fourth-order valence-corrected chi connectivity index (χ4v) is 7.90. The summed E-state index contributed by atoms with van der Waals surface area (Å²) in [5.74, 6) is -1.71. The van der Waals surface area contributed by atoms with Gasteiger partial charge in [0, 0.05) is 62.0 Å². The van der Waals surface area contributed by atoms with E-state index in [1.54, 1.807) is 20.0 Å². The molecule has 9 nitrogen and oxygen atoms in total. The average molecular weight is 750 g/mol. The molecule has 280 valence electrons. The van der Waals surface area contributed by atoms with Gasteiger partial charge in [0.15, 0.2) is 5.82 Å². The summed E-state index contributed by atoms with van der Waals surface area (Å²) in [5, 5.41) is 9.07. The number of halogens is 6. The molecule has 3 aliphatic heterocycles. The fraction of sp³-hybridized carbons (Fsp3) is 0.500. The van der Waals surface area contributed by atoms with Gasteiger partial charge in [0.1, 0.15) is 34.4 Å². The molecular formula is C36H41F6N7O2S. The highest BCUT2D eigenvalue weighted by atomic mass is 32.1. The predicted molar refractivity (Wildman–Crippen MR) is 190 cm³/mol. The standard InChI is InChI=1S/C22H16F5N5OS.C7H12FN.C7H13NO/c1-4-32(2)20-10-7-12(22(25,26)27)15(16(24)17(10)30-21(31-20)33-3)9-5-6-13(23)18-14(9)11(8-28)19(29)34-18;8-6-4-7-2-1-3-9(7)5-6;1-2-5-8-6-3-4-7(8)9/h5-7H,4,29H2,1-3H3;6-7H,1-5H2;2-6H2,1H3. The molecule has 7 rings (SSSR count). The van der Waals surface area contributed by atoms with E-state index in [1.807, 2.05) is 4.90 Å². The maximum atomic E-state index is 16.0. The molecule has 52 heavy (non-hydrogen) atoms. The van der Waals surface area contributed by atoms with Gasteiger partial charge in [-0.1, -0.05) is 13.0 Å². The van der Waals surface area contributed by atoms with Crippen LogP contribution in [-0.2, 0) is 11.0 Å². The Bertz CT molecular complexity index is 1970. The van der Waals surface area contributed by atoms with Gasteiger partial charge >= 0.3 is 12.2 Å². The third-order valence-corrected chi connectivity index (χ3v) is 10.6. The number of hydrogen-bond acceptors (Lipinski definition) is 9. The average Bonchev–Trinajstić information content (AvgIpc) is 3.89. The highest BCUT2D eigenvalue weighted by molar-refractivity contribution is 7.23. The molecule has 1 amide bonds. The number of methoxy groups -OCH3 is 1. The van der Waals surface area contributed by atoms with Crippen molar-refractivity contribution < 1.29 is 35.9 Å². The Kier molecular flexibility index (Phi) is 12.0. The molecule has 2 atom stereocenters. The molecule has 3 aliphatic rings. The number of alkyl halides is 4. The van der Waals surface area contributed by atoms with Crippen molar-refractivity contribution in [3.63, 3.8) is 0 Å². The van der Waals surface area contributed by atoms with Crippen molar-refractivity contribution in [1.82, 2.24) is 19.8 Å². The summed E-state index contributed by atoms with van der Waals surface area (Å²) in [5.41, 5.74) is 2.65. The smallest absolute Gasteiger partial charge is 0.417 e. The SMILES string of the molecule is CCCN1CCCC1=O.CCN(C)c1nc(OC)nc2c(F)c(-c3ccc(F)c4sc(N)c(C#N)c34)c(C(F)(F)F)cc12.FC1CC2CCCN2C1. The number of aromatic nitrogens is 2. The van der Waals surface area contributed by atoms with E-state index in [4.69, 9.17) is 10.5 Å². The minimum absolute atomic E-state index is 0.0436. The first-order valence-electron chi connectivity index (χ1n) is 17.2. The lowest BCUT2D eigenvalue weighted by Crippen LogP contribution is -2.24. The van der Waals surface area contributed by atoms with E-state index in [2.05, 4.69) is 21.8 Å². The highest BCUT2D eigenvalue weighted by Crippen LogP contribution is 2.48. The molecule has 5 heterocycles. The molecule has 2 unspecified atom stereocenters. The molecule has 4 aromatic rings. The number of nitriles is 1. The molecule has 3 fully saturated rings. The number of hydrogen-bond donors (Lipinski definition) is 1. The van der Waals surface area contributed by atoms with Gasteiger partial charge in [0.2, 0.25) is 5.91 Å². The maximum Gasteiger partial charge on any atom is 0.417 e. The first-order chi connectivity index (χ1) is 24.7. The fourth-order valence-electron chi connectivity index (χ4n) is 6.96. The van der Waals surface area contributed by atoms with Crippen LogP contribution in [0.2, 0.25) is 0 Å². The summed E-state index contributed by atoms with van der Waals surface area (Å²) < 4.78 is 90.8. The first kappa shape index (κ1) is 38.9. The molecule has 2 N–H and O–H groups in total. The molecule has 0 aliphatic carbocycles. The second kappa shape index (κ2) is 16.1. The quantitative estimate of drug-likeness (QED) is 0.198. The van der Waals surface area contributed by atoms with Gasteiger partial charge in [-0.05, 0) is 63.3 Å². The molecule has 0 radical (unpaired) electrons. The van der Waals surface area contributed by atoms with Gasteiger partial charge < -0.3 is 20.3 Å². The van der Waals surface area contributed by atoms with Crippen LogP contribution in [0.15, 0.2) is 18.2 Å². The number of rotatable bonds is 6. The van der Waals surface area contributed by atoms with Crippen molar-refractivity contribution in [3.05, 3.63) is 41.0 Å². The Balaban J connectivity index is 0.000000233. The van der Waals surface area contributed by atoms with Crippen LogP contribution in [0.1, 0.15) is 63.5 Å². The van der Waals surface area contributed by atoms with Crippen molar-refractivity contribution in [1.29, 1.82) is 5.26 Å². The minimum Gasteiger partial charge on any atom is -0.467 e. The van der Waals surface area contributed by atoms with E-state index in [0.717, 1.165) is 63.5 Å². The third-order valence-electron chi connectivity index (χ3n) is 9.54. The molecule has 0 bridgehead atoms. The van der Waals surface area contributed by atoms with Crippen molar-refractivity contribution >= 4 is 49.1 Å². The third kappa shape index (κ3) is 7.85. The Hall–Kier alpha value is -4.36. The molecule has 0 saturated carbocycles. The second-order valence-corrected chi connectivity index (χ2v) is 14.0. The largest absolute Gasteiger partial charge is 0.467 e. The van der Waals surface area contributed by atoms with E-state index in [1.165, 1.54) is 24.9 Å². The Labute approximate surface area is 302 Å². The zero-order chi connectivity index (χ0) is 37.9. The predicted octanol–water partition coefficient (Wildman–Crippen LogP) is 7.94. The molecule has 3 saturated heterocycles. The Morgan fingerprint density at radius 1 is 1.17 bits per heavy atom. The van der Waals surface area contributed by atoms with Crippen molar-refractivity contribution in [3.8, 4) is 23.2 Å². The number of thiophene rings is 1. The normalized spacial score (nSPS) is 18.6. The lowest BCUT2D eigenvalue weighted by Gasteiger charge is -2.21. The number of likely N-dealkylation sites (tertiary alicyclic amines) is 1. The number of carbonyl (C=O) groups excluding carboxylic acids is 1. The number of amides is 1. The number of nitrogens with two attached hydrogens (primary N) is 1. The van der Waals surface area contributed by atoms with Gasteiger partial charge in [0.05, 0.1) is 22.9 Å². The molecule has 16 heteroatoms. The van der Waals surface area contributed by atoms with Crippen LogP contribution in [0.3, 0.4) is 0 Å². The minimum atomic E-state index is -5.00. The van der Waals surface area contributed by atoms with Crippen molar-refractivity contribution in [2.75, 3.05) is 57.5 Å². The van der Waals surface area contributed by atoms with E-state index < -0.39 is 40.6 Å². The van der Waals surface area contributed by atoms with Crippen LogP contribution in [0.4, 0.5) is 37.2 Å². The lowest BCUT2D eigenvalue weighted by molar-refractivity contribution is -0.137. The van der Waals surface area contributed by atoms with Crippen LogP contribution < -0.4 is 15.4 Å². The van der Waals surface area contributed by atoms with Gasteiger partial charge in [-0.25, -0.2) is 13.2 Å². The summed E-state index contributed by atoms with van der Waals surface area (Å²) >= 11 is 0.701. The number of benzene rings is 2. The number of ether oxygens (including phenoxy) is 1. The number of carbonyl (C=O) groups is 1. The van der Waals surface area contributed by atoms with Crippen LogP contribution in [0.5, 0.6) is 6.01 Å². The van der Waals surface area contributed by atoms with Gasteiger partial charge in [-0.2, -0.15) is 28.4 Å². The van der Waals surface area contributed by atoms with Gasteiger partial charge in [-0.3, -0.25) is 9.69 Å². The number of nitrogens with zero attached hydrogens (tertiary/aromatic N) is 6.